The lowest BCUT2D eigenvalue weighted by atomic mass is 10.2. The summed E-state index contributed by atoms with van der Waals surface area (Å²) >= 11 is 1.82. The zero-order valence-corrected chi connectivity index (χ0v) is 9.71. The minimum atomic E-state index is 0.905. The van der Waals surface area contributed by atoms with E-state index in [1.54, 1.807) is 0 Å². The fourth-order valence-electron chi connectivity index (χ4n) is 2.50. The molecule has 0 spiro atoms. The number of hydrogen-bond donors (Lipinski definition) is 0. The van der Waals surface area contributed by atoms with Crippen LogP contribution in [0.2, 0.25) is 0 Å². The fraction of sp³-hybridized carbons (Fsp3) is 0.364. The lowest BCUT2D eigenvalue weighted by molar-refractivity contribution is 0.917. The number of nitrogens with zero attached hydrogens (tertiary/aromatic N) is 4. The molecule has 1 aliphatic rings. The molecule has 0 saturated carbocycles. The third kappa shape index (κ3) is 0.917. The molecular weight excluding hydrogens is 220 g/mol. The average molecular weight is 230 g/mol. The lowest BCUT2D eigenvalue weighted by Crippen LogP contribution is -1.91. The second-order valence-electron chi connectivity index (χ2n) is 4.22. The van der Waals surface area contributed by atoms with Gasteiger partial charge in [-0.25, -0.2) is 4.98 Å². The van der Waals surface area contributed by atoms with Crippen LogP contribution in [-0.4, -0.2) is 19.6 Å². The van der Waals surface area contributed by atoms with Crippen LogP contribution in [-0.2, 0) is 12.8 Å². The van der Waals surface area contributed by atoms with Gasteiger partial charge in [-0.3, -0.25) is 4.40 Å². The molecule has 0 atom stereocenters. The predicted molar refractivity (Wildman–Crippen MR) is 62.9 cm³/mol. The van der Waals surface area contributed by atoms with Gasteiger partial charge in [0.1, 0.15) is 17.0 Å². The maximum atomic E-state index is 4.51. The maximum Gasteiger partial charge on any atom is 0.172 e. The third-order valence-corrected chi connectivity index (χ3v) is 4.48. The summed E-state index contributed by atoms with van der Waals surface area (Å²) in [4.78, 5) is 7.12. The molecule has 4 nitrogen and oxygen atoms in total. The van der Waals surface area contributed by atoms with Gasteiger partial charge in [0.2, 0.25) is 0 Å². The van der Waals surface area contributed by atoms with Crippen molar-refractivity contribution in [3.63, 3.8) is 0 Å². The molecule has 0 aliphatic heterocycles. The monoisotopic (exact) mass is 230 g/mol. The van der Waals surface area contributed by atoms with Gasteiger partial charge in [0.15, 0.2) is 5.65 Å². The van der Waals surface area contributed by atoms with Crippen LogP contribution in [0, 0.1) is 6.92 Å². The van der Waals surface area contributed by atoms with Crippen LogP contribution < -0.4 is 0 Å². The smallest absolute Gasteiger partial charge is 0.172 e. The highest BCUT2D eigenvalue weighted by molar-refractivity contribution is 7.19. The normalized spacial score (nSPS) is 15.1. The average Bonchev–Trinajstić information content (AvgIpc) is 2.91. The van der Waals surface area contributed by atoms with Gasteiger partial charge in [0, 0.05) is 4.88 Å². The van der Waals surface area contributed by atoms with Gasteiger partial charge in [-0.15, -0.1) is 21.5 Å². The van der Waals surface area contributed by atoms with E-state index in [-0.39, 0.29) is 0 Å². The molecule has 0 amide bonds. The Morgan fingerprint density at radius 1 is 1.31 bits per heavy atom. The first kappa shape index (κ1) is 8.64. The van der Waals surface area contributed by atoms with Gasteiger partial charge in [-0.05, 0) is 31.7 Å². The molecule has 0 bridgehead atoms. The number of hydrogen-bond acceptors (Lipinski definition) is 4. The van der Waals surface area contributed by atoms with Crippen molar-refractivity contribution in [2.75, 3.05) is 0 Å². The molecule has 0 aromatic carbocycles. The molecule has 0 unspecified atom stereocenters. The molecule has 1 aliphatic carbocycles. The number of thiophene rings is 1. The van der Waals surface area contributed by atoms with Crippen molar-refractivity contribution >= 4 is 27.2 Å². The van der Waals surface area contributed by atoms with Crippen LogP contribution in [0.3, 0.4) is 0 Å². The Kier molecular flexibility index (Phi) is 1.51. The van der Waals surface area contributed by atoms with Crippen LogP contribution in [0.15, 0.2) is 6.33 Å². The summed E-state index contributed by atoms with van der Waals surface area (Å²) in [6, 6.07) is 0. The van der Waals surface area contributed by atoms with Gasteiger partial charge in [0.25, 0.3) is 0 Å². The zero-order valence-electron chi connectivity index (χ0n) is 8.90. The summed E-state index contributed by atoms with van der Waals surface area (Å²) in [5.41, 5.74) is 2.44. The van der Waals surface area contributed by atoms with E-state index in [0.29, 0.717) is 0 Å². The topological polar surface area (TPSA) is 43.1 Å². The van der Waals surface area contributed by atoms with Gasteiger partial charge in [0.05, 0.1) is 5.39 Å². The van der Waals surface area contributed by atoms with Crippen LogP contribution in [0.5, 0.6) is 0 Å². The molecule has 5 heteroatoms. The zero-order chi connectivity index (χ0) is 10.7. The molecule has 16 heavy (non-hydrogen) atoms. The number of aromatic nitrogens is 4. The summed E-state index contributed by atoms with van der Waals surface area (Å²) in [7, 11) is 0. The summed E-state index contributed by atoms with van der Waals surface area (Å²) in [5, 5.41) is 9.64. The van der Waals surface area contributed by atoms with E-state index in [0.717, 1.165) is 16.3 Å². The van der Waals surface area contributed by atoms with Crippen LogP contribution in [0.1, 0.15) is 22.7 Å². The Hall–Kier alpha value is -1.49. The molecule has 80 valence electrons. The lowest BCUT2D eigenvalue weighted by Gasteiger charge is -1.97. The van der Waals surface area contributed by atoms with Crippen molar-refractivity contribution in [1.29, 1.82) is 0 Å². The number of rotatable bonds is 0. The van der Waals surface area contributed by atoms with E-state index in [2.05, 4.69) is 15.2 Å². The molecule has 3 aromatic heterocycles. The SMILES string of the molecule is Cc1nnc2c3c4c(sc3ncn12)CCC4. The first-order valence-electron chi connectivity index (χ1n) is 5.45. The highest BCUT2D eigenvalue weighted by atomic mass is 32.1. The summed E-state index contributed by atoms with van der Waals surface area (Å²) < 4.78 is 1.98. The quantitative estimate of drug-likeness (QED) is 0.594. The molecule has 0 fully saturated rings. The van der Waals surface area contributed by atoms with E-state index in [9.17, 15) is 0 Å². The van der Waals surface area contributed by atoms with Crippen molar-refractivity contribution in [3.05, 3.63) is 22.6 Å². The highest BCUT2D eigenvalue weighted by Gasteiger charge is 2.21. The maximum absolute atomic E-state index is 4.51. The molecule has 4 rings (SSSR count). The first-order chi connectivity index (χ1) is 7.84. The van der Waals surface area contributed by atoms with Crippen molar-refractivity contribution in [2.45, 2.75) is 26.2 Å². The second-order valence-corrected chi connectivity index (χ2v) is 5.31. The van der Waals surface area contributed by atoms with E-state index in [1.165, 1.54) is 35.1 Å². The Bertz CT molecular complexity index is 709. The Morgan fingerprint density at radius 2 is 2.25 bits per heavy atom. The van der Waals surface area contributed by atoms with E-state index >= 15 is 0 Å². The van der Waals surface area contributed by atoms with Crippen molar-refractivity contribution in [3.8, 4) is 0 Å². The molecule has 3 aromatic rings. The predicted octanol–water partition coefficient (Wildman–Crippen LogP) is 2.14. The Morgan fingerprint density at radius 3 is 3.19 bits per heavy atom. The van der Waals surface area contributed by atoms with Crippen LogP contribution in [0.25, 0.3) is 15.9 Å². The van der Waals surface area contributed by atoms with Crippen LogP contribution >= 0.6 is 11.3 Å². The summed E-state index contributed by atoms with van der Waals surface area (Å²) in [5.74, 6) is 0.905. The Labute approximate surface area is 96.0 Å². The molecule has 0 N–H and O–H groups in total. The van der Waals surface area contributed by atoms with Gasteiger partial charge in [-0.1, -0.05) is 0 Å². The summed E-state index contributed by atoms with van der Waals surface area (Å²) in [6.45, 7) is 1.96. The fourth-order valence-corrected chi connectivity index (χ4v) is 3.72. The molecular formula is C11H10N4S. The van der Waals surface area contributed by atoms with Crippen LogP contribution in [0.4, 0.5) is 0 Å². The molecule has 3 heterocycles. The van der Waals surface area contributed by atoms with E-state index in [1.807, 2.05) is 29.0 Å². The molecule has 0 saturated heterocycles. The largest absolute Gasteiger partial charge is 0.269 e. The number of aryl methyl sites for hydroxylation is 3. The van der Waals surface area contributed by atoms with Gasteiger partial charge in [-0.2, -0.15) is 0 Å². The highest BCUT2D eigenvalue weighted by Crippen LogP contribution is 2.37. The van der Waals surface area contributed by atoms with Gasteiger partial charge >= 0.3 is 0 Å². The summed E-state index contributed by atoms with van der Waals surface area (Å²) in [6.07, 6.45) is 5.47. The van der Waals surface area contributed by atoms with Crippen molar-refractivity contribution < 1.29 is 0 Å². The first-order valence-corrected chi connectivity index (χ1v) is 6.27. The molecule has 0 radical (unpaired) electrons. The number of fused-ring (bicyclic) bond motifs is 5. The van der Waals surface area contributed by atoms with E-state index < -0.39 is 0 Å². The van der Waals surface area contributed by atoms with E-state index in [4.69, 9.17) is 0 Å². The van der Waals surface area contributed by atoms with Crippen molar-refractivity contribution in [1.82, 2.24) is 19.6 Å². The second kappa shape index (κ2) is 2.79. The minimum Gasteiger partial charge on any atom is -0.269 e. The Balaban J connectivity index is 2.27. The van der Waals surface area contributed by atoms with Crippen molar-refractivity contribution in [2.24, 2.45) is 0 Å². The van der Waals surface area contributed by atoms with Gasteiger partial charge < -0.3 is 0 Å². The third-order valence-electron chi connectivity index (χ3n) is 3.28. The standard InChI is InChI=1S/C11H10N4S/c1-6-13-14-10-9-7-3-2-4-8(7)16-11(9)12-5-15(6)10/h5H,2-4H2,1H3. The minimum absolute atomic E-state index is 0.905.